The van der Waals surface area contributed by atoms with Crippen molar-refractivity contribution in [3.8, 4) is 0 Å². The predicted molar refractivity (Wildman–Crippen MR) is 116 cm³/mol. The van der Waals surface area contributed by atoms with Crippen molar-refractivity contribution in [1.82, 2.24) is 19.2 Å². The number of nitrogens with zero attached hydrogens (tertiary/aromatic N) is 4. The standard InChI is InChI=1S/C22H21F2N5O2S/c23-22(24)11-21(12-22)9-16-7-15(10-25-19(16)27-20(21)31)1-2-18(30)29-5-3-14(4-6-29)8-17-26-13-32-28-17/h1-2,7-8,10,13H,3-6,9,11-12H2,(H,25,27,31). The lowest BCUT2D eigenvalue weighted by Gasteiger charge is -2.48. The highest BCUT2D eigenvalue weighted by Gasteiger charge is 2.61. The van der Waals surface area contributed by atoms with Crippen LogP contribution in [0.25, 0.3) is 12.2 Å². The molecule has 1 spiro atoms. The van der Waals surface area contributed by atoms with Gasteiger partial charge in [0.1, 0.15) is 11.3 Å². The maximum Gasteiger partial charge on any atom is 0.250 e. The molecule has 2 fully saturated rings. The minimum absolute atomic E-state index is 0.0861. The van der Waals surface area contributed by atoms with E-state index in [1.165, 1.54) is 23.2 Å². The number of pyridine rings is 1. The number of rotatable bonds is 3. The van der Waals surface area contributed by atoms with Crippen LogP contribution in [-0.2, 0) is 16.0 Å². The van der Waals surface area contributed by atoms with E-state index in [2.05, 4.69) is 19.7 Å². The fourth-order valence-corrected chi connectivity index (χ4v) is 5.04. The number of fused-ring (bicyclic) bond motifs is 1. The van der Waals surface area contributed by atoms with Gasteiger partial charge in [0, 0.05) is 38.2 Å². The van der Waals surface area contributed by atoms with Gasteiger partial charge in [0.25, 0.3) is 0 Å². The molecule has 1 saturated carbocycles. The van der Waals surface area contributed by atoms with Crippen LogP contribution in [0.1, 0.15) is 42.6 Å². The lowest BCUT2D eigenvalue weighted by atomic mass is 9.61. The Morgan fingerprint density at radius 3 is 2.69 bits per heavy atom. The number of halogens is 2. The molecule has 2 aromatic heterocycles. The van der Waals surface area contributed by atoms with Crippen molar-refractivity contribution in [2.75, 3.05) is 18.4 Å². The Bertz CT molecular complexity index is 1110. The summed E-state index contributed by atoms with van der Waals surface area (Å²) in [4.78, 5) is 35.1. The lowest BCUT2D eigenvalue weighted by Crippen LogP contribution is -2.56. The van der Waals surface area contributed by atoms with Crippen molar-refractivity contribution in [2.24, 2.45) is 5.41 Å². The molecule has 0 aromatic carbocycles. The number of amides is 2. The topological polar surface area (TPSA) is 88.1 Å². The van der Waals surface area contributed by atoms with E-state index in [4.69, 9.17) is 0 Å². The number of piperidine rings is 1. The summed E-state index contributed by atoms with van der Waals surface area (Å²) >= 11 is 1.31. The fraction of sp³-hybridized carbons (Fsp3) is 0.409. The summed E-state index contributed by atoms with van der Waals surface area (Å²) in [6, 6.07) is 1.81. The summed E-state index contributed by atoms with van der Waals surface area (Å²) in [5.74, 6) is -2.13. The van der Waals surface area contributed by atoms with Crippen molar-refractivity contribution < 1.29 is 18.4 Å². The van der Waals surface area contributed by atoms with Crippen molar-refractivity contribution in [3.05, 3.63) is 46.4 Å². The van der Waals surface area contributed by atoms with E-state index in [1.807, 2.05) is 12.1 Å². The fourth-order valence-electron chi connectivity index (χ4n) is 4.63. The Balaban J connectivity index is 1.22. The van der Waals surface area contributed by atoms with Crippen LogP contribution in [-0.4, -0.2) is 50.1 Å². The minimum atomic E-state index is -2.79. The maximum atomic E-state index is 13.4. The summed E-state index contributed by atoms with van der Waals surface area (Å²) < 4.78 is 31.1. The molecular weight excluding hydrogens is 436 g/mol. The zero-order valence-electron chi connectivity index (χ0n) is 17.2. The van der Waals surface area contributed by atoms with Gasteiger partial charge in [0.05, 0.1) is 5.41 Å². The van der Waals surface area contributed by atoms with E-state index in [0.717, 1.165) is 18.4 Å². The zero-order valence-corrected chi connectivity index (χ0v) is 18.0. The highest BCUT2D eigenvalue weighted by Crippen LogP contribution is 2.56. The van der Waals surface area contributed by atoms with Crippen molar-refractivity contribution in [3.63, 3.8) is 0 Å². The monoisotopic (exact) mass is 457 g/mol. The lowest BCUT2D eigenvalue weighted by molar-refractivity contribution is -0.175. The Morgan fingerprint density at radius 1 is 1.22 bits per heavy atom. The second-order valence-electron chi connectivity index (χ2n) is 8.65. The molecule has 3 aliphatic rings. The average Bonchev–Trinajstić information content (AvgIpc) is 3.25. The molecule has 1 aliphatic carbocycles. The van der Waals surface area contributed by atoms with E-state index in [9.17, 15) is 18.4 Å². The van der Waals surface area contributed by atoms with Gasteiger partial charge >= 0.3 is 0 Å². The van der Waals surface area contributed by atoms with Gasteiger partial charge in [-0.15, -0.1) is 0 Å². The Hall–Kier alpha value is -3.01. The number of anilines is 1. The van der Waals surface area contributed by atoms with Gasteiger partial charge in [-0.1, -0.05) is 5.57 Å². The molecule has 2 amide bonds. The summed E-state index contributed by atoms with van der Waals surface area (Å²) in [6.07, 6.45) is 7.66. The van der Waals surface area contributed by atoms with Crippen molar-refractivity contribution >= 4 is 41.3 Å². The van der Waals surface area contributed by atoms with Crippen LogP contribution in [0.4, 0.5) is 14.6 Å². The zero-order chi connectivity index (χ0) is 22.3. The van der Waals surface area contributed by atoms with Gasteiger partial charge < -0.3 is 10.2 Å². The van der Waals surface area contributed by atoms with Crippen LogP contribution < -0.4 is 5.32 Å². The van der Waals surface area contributed by atoms with Gasteiger partial charge in [0.2, 0.25) is 17.7 Å². The first-order valence-electron chi connectivity index (χ1n) is 10.4. The SMILES string of the molecule is O=C(C=Cc1cnc2c(c1)CC1(CC(F)(F)C1)C(=O)N2)N1CCC(=Cc2ncsn2)CC1. The third-order valence-corrected chi connectivity index (χ3v) is 6.76. The first kappa shape index (κ1) is 20.9. The second kappa shape index (κ2) is 7.84. The molecule has 1 N–H and O–H groups in total. The molecule has 0 atom stereocenters. The predicted octanol–water partition coefficient (Wildman–Crippen LogP) is 3.56. The van der Waals surface area contributed by atoms with E-state index in [1.54, 1.807) is 22.7 Å². The molecule has 4 heterocycles. The molecule has 2 aliphatic heterocycles. The summed E-state index contributed by atoms with van der Waals surface area (Å²) in [7, 11) is 0. The smallest absolute Gasteiger partial charge is 0.250 e. The van der Waals surface area contributed by atoms with Crippen molar-refractivity contribution in [1.29, 1.82) is 0 Å². The average molecular weight is 458 g/mol. The van der Waals surface area contributed by atoms with Gasteiger partial charge in [-0.05, 0) is 60.1 Å². The first-order valence-corrected chi connectivity index (χ1v) is 11.3. The first-order chi connectivity index (χ1) is 15.3. The summed E-state index contributed by atoms with van der Waals surface area (Å²) in [6.45, 7) is 1.26. The molecule has 166 valence electrons. The molecule has 5 rings (SSSR count). The molecule has 0 unspecified atom stereocenters. The molecular formula is C22H21F2N5O2S. The Morgan fingerprint density at radius 2 is 2.00 bits per heavy atom. The number of hydrogen-bond acceptors (Lipinski definition) is 6. The number of likely N-dealkylation sites (tertiary alicyclic amines) is 1. The van der Waals surface area contributed by atoms with E-state index in [0.29, 0.717) is 30.3 Å². The summed E-state index contributed by atoms with van der Waals surface area (Å²) in [5, 5.41) is 2.66. The van der Waals surface area contributed by atoms with Crippen LogP contribution in [0.5, 0.6) is 0 Å². The van der Waals surface area contributed by atoms with E-state index < -0.39 is 24.2 Å². The van der Waals surface area contributed by atoms with E-state index >= 15 is 0 Å². The molecule has 2 aromatic rings. The second-order valence-corrected chi connectivity index (χ2v) is 9.25. The number of carbonyl (C=O) groups is 2. The third kappa shape index (κ3) is 4.06. The van der Waals surface area contributed by atoms with Gasteiger partial charge in [0.15, 0.2) is 5.82 Å². The number of nitrogens with one attached hydrogen (secondary N) is 1. The maximum absolute atomic E-state index is 13.4. The quantitative estimate of drug-likeness (QED) is 0.712. The molecule has 1 saturated heterocycles. The Kier molecular flexibility index (Phi) is 5.11. The molecule has 32 heavy (non-hydrogen) atoms. The van der Waals surface area contributed by atoms with Crippen LogP contribution in [0.2, 0.25) is 0 Å². The molecule has 0 bridgehead atoms. The largest absolute Gasteiger partial charge is 0.339 e. The van der Waals surface area contributed by atoms with Crippen LogP contribution >= 0.6 is 11.5 Å². The Labute approximate surface area is 187 Å². The number of alkyl halides is 2. The highest BCUT2D eigenvalue weighted by atomic mass is 32.1. The van der Waals surface area contributed by atoms with E-state index in [-0.39, 0.29) is 18.2 Å². The highest BCUT2D eigenvalue weighted by molar-refractivity contribution is 7.03. The van der Waals surface area contributed by atoms with Gasteiger partial charge in [-0.2, -0.15) is 4.37 Å². The number of hydrogen-bond donors (Lipinski definition) is 1. The van der Waals surface area contributed by atoms with Crippen LogP contribution in [0, 0.1) is 5.41 Å². The van der Waals surface area contributed by atoms with Crippen molar-refractivity contribution in [2.45, 2.75) is 38.0 Å². The molecule has 0 radical (unpaired) electrons. The normalized spacial score (nSPS) is 21.2. The molecule has 7 nitrogen and oxygen atoms in total. The van der Waals surface area contributed by atoms with Crippen LogP contribution in [0.15, 0.2) is 29.4 Å². The number of aromatic nitrogens is 3. The summed E-state index contributed by atoms with van der Waals surface area (Å²) in [5.41, 5.74) is 3.29. The van der Waals surface area contributed by atoms with Gasteiger partial charge in [-0.3, -0.25) is 9.59 Å². The number of carbonyl (C=O) groups excluding carboxylic acids is 2. The van der Waals surface area contributed by atoms with Crippen LogP contribution in [0.3, 0.4) is 0 Å². The molecule has 10 heteroatoms. The third-order valence-electron chi connectivity index (χ3n) is 6.27. The minimum Gasteiger partial charge on any atom is -0.339 e. The van der Waals surface area contributed by atoms with Gasteiger partial charge in [-0.25, -0.2) is 18.7 Å².